The molecule has 2 fully saturated rings. The summed E-state index contributed by atoms with van der Waals surface area (Å²) in [6.45, 7) is 7.70. The number of benzene rings is 2. The highest BCUT2D eigenvalue weighted by atomic mass is 16.7. The van der Waals surface area contributed by atoms with Crippen molar-refractivity contribution in [1.82, 2.24) is 20.0 Å². The number of piperazine rings is 1. The second-order valence-corrected chi connectivity index (χ2v) is 8.89. The summed E-state index contributed by atoms with van der Waals surface area (Å²) in [5.41, 5.74) is 2.40. The Balaban J connectivity index is 1.08. The number of carbonyl (C=O) groups is 1. The Morgan fingerprint density at radius 1 is 0.938 bits per heavy atom. The van der Waals surface area contributed by atoms with Crippen molar-refractivity contribution in [3.8, 4) is 11.5 Å². The quantitative estimate of drug-likeness (QED) is 0.781. The maximum Gasteiger partial charge on any atom is 0.317 e. The standard InChI is InChI=1S/C25H32N4O3/c30-25(26-16-20-5-2-1-3-6-20)29-10-4-7-22(18-29)28-13-11-27(12-14-28)17-21-8-9-23-24(15-21)32-19-31-23/h1-3,5-6,8-9,15,22H,4,7,10-14,16-19H2,(H,26,30)/t22-/m0/s1. The van der Waals surface area contributed by atoms with E-state index in [4.69, 9.17) is 9.47 Å². The third-order valence-electron chi connectivity index (χ3n) is 6.74. The van der Waals surface area contributed by atoms with E-state index in [9.17, 15) is 4.79 Å². The molecule has 2 amide bonds. The van der Waals surface area contributed by atoms with Gasteiger partial charge in [-0.05, 0) is 36.1 Å². The summed E-state index contributed by atoms with van der Waals surface area (Å²) in [4.78, 5) is 19.8. The number of amides is 2. The molecule has 0 aromatic heterocycles. The number of ether oxygens (including phenoxy) is 2. The summed E-state index contributed by atoms with van der Waals surface area (Å²) in [5.74, 6) is 1.70. The van der Waals surface area contributed by atoms with E-state index in [1.807, 2.05) is 41.3 Å². The van der Waals surface area contributed by atoms with Crippen LogP contribution in [0.1, 0.15) is 24.0 Å². The fourth-order valence-corrected chi connectivity index (χ4v) is 4.91. The topological polar surface area (TPSA) is 57.3 Å². The molecule has 0 radical (unpaired) electrons. The van der Waals surface area contributed by atoms with Gasteiger partial charge >= 0.3 is 6.03 Å². The van der Waals surface area contributed by atoms with Gasteiger partial charge in [-0.25, -0.2) is 4.79 Å². The number of hydrogen-bond acceptors (Lipinski definition) is 5. The molecule has 3 heterocycles. The van der Waals surface area contributed by atoms with E-state index in [0.29, 0.717) is 19.4 Å². The summed E-state index contributed by atoms with van der Waals surface area (Å²) in [5, 5.41) is 3.09. The van der Waals surface area contributed by atoms with E-state index in [0.717, 1.165) is 69.3 Å². The van der Waals surface area contributed by atoms with Crippen LogP contribution in [0.2, 0.25) is 0 Å². The van der Waals surface area contributed by atoms with Crippen LogP contribution in [0.15, 0.2) is 48.5 Å². The maximum atomic E-state index is 12.7. The van der Waals surface area contributed by atoms with E-state index in [-0.39, 0.29) is 6.03 Å². The largest absolute Gasteiger partial charge is 0.454 e. The molecular weight excluding hydrogens is 404 g/mol. The van der Waals surface area contributed by atoms with Crippen LogP contribution in [0.4, 0.5) is 4.79 Å². The van der Waals surface area contributed by atoms with E-state index in [1.165, 1.54) is 12.0 Å². The maximum absolute atomic E-state index is 12.7. The highest BCUT2D eigenvalue weighted by molar-refractivity contribution is 5.74. The third-order valence-corrected chi connectivity index (χ3v) is 6.74. The lowest BCUT2D eigenvalue weighted by molar-refractivity contribution is 0.0581. The van der Waals surface area contributed by atoms with Crippen LogP contribution in [0.25, 0.3) is 0 Å². The summed E-state index contributed by atoms with van der Waals surface area (Å²) in [7, 11) is 0. The highest BCUT2D eigenvalue weighted by Gasteiger charge is 2.30. The van der Waals surface area contributed by atoms with Gasteiger partial charge in [-0.15, -0.1) is 0 Å². The Bertz CT molecular complexity index is 915. The van der Waals surface area contributed by atoms with Gasteiger partial charge in [0.2, 0.25) is 6.79 Å². The molecule has 5 rings (SSSR count). The first kappa shape index (κ1) is 21.1. The Morgan fingerprint density at radius 3 is 2.59 bits per heavy atom. The summed E-state index contributed by atoms with van der Waals surface area (Å²) < 4.78 is 10.9. The fraction of sp³-hybridized carbons (Fsp3) is 0.480. The minimum absolute atomic E-state index is 0.0556. The SMILES string of the molecule is O=C(NCc1ccccc1)N1CCC[C@H](N2CCN(Cc3ccc4c(c3)OCO4)CC2)C1. The Kier molecular flexibility index (Phi) is 6.46. The molecule has 0 unspecified atom stereocenters. The van der Waals surface area contributed by atoms with Crippen LogP contribution >= 0.6 is 0 Å². The molecule has 0 aliphatic carbocycles. The van der Waals surface area contributed by atoms with Gasteiger partial charge in [0.05, 0.1) is 0 Å². The van der Waals surface area contributed by atoms with Gasteiger partial charge in [0.1, 0.15) is 0 Å². The molecule has 2 saturated heterocycles. The van der Waals surface area contributed by atoms with Crippen LogP contribution in [-0.2, 0) is 13.1 Å². The number of likely N-dealkylation sites (tertiary alicyclic amines) is 1. The van der Waals surface area contributed by atoms with Gasteiger partial charge in [0, 0.05) is 58.4 Å². The van der Waals surface area contributed by atoms with Crippen molar-refractivity contribution in [1.29, 1.82) is 0 Å². The Morgan fingerprint density at radius 2 is 1.75 bits per heavy atom. The van der Waals surface area contributed by atoms with Crippen molar-refractivity contribution in [3.05, 3.63) is 59.7 Å². The molecule has 0 saturated carbocycles. The number of hydrogen-bond donors (Lipinski definition) is 1. The molecule has 1 atom stereocenters. The van der Waals surface area contributed by atoms with Gasteiger partial charge < -0.3 is 19.7 Å². The molecule has 2 aromatic carbocycles. The molecule has 0 bridgehead atoms. The number of nitrogens with zero attached hydrogens (tertiary/aromatic N) is 3. The number of fused-ring (bicyclic) bond motifs is 1. The molecule has 3 aliphatic heterocycles. The van der Waals surface area contributed by atoms with Crippen LogP contribution in [0.5, 0.6) is 11.5 Å². The molecule has 2 aromatic rings. The molecule has 0 spiro atoms. The lowest BCUT2D eigenvalue weighted by atomic mass is 10.0. The lowest BCUT2D eigenvalue weighted by Crippen LogP contribution is -2.56. The van der Waals surface area contributed by atoms with E-state index >= 15 is 0 Å². The van der Waals surface area contributed by atoms with Crippen molar-refractivity contribution in [2.24, 2.45) is 0 Å². The van der Waals surface area contributed by atoms with Crippen molar-refractivity contribution >= 4 is 6.03 Å². The first-order chi connectivity index (χ1) is 15.7. The normalized spacial score (nSPS) is 21.5. The molecular formula is C25H32N4O3. The van der Waals surface area contributed by atoms with Crippen LogP contribution < -0.4 is 14.8 Å². The zero-order valence-corrected chi connectivity index (χ0v) is 18.5. The fourth-order valence-electron chi connectivity index (χ4n) is 4.91. The highest BCUT2D eigenvalue weighted by Crippen LogP contribution is 2.33. The van der Waals surface area contributed by atoms with Crippen molar-refractivity contribution < 1.29 is 14.3 Å². The number of piperidine rings is 1. The molecule has 170 valence electrons. The van der Waals surface area contributed by atoms with Gasteiger partial charge in [-0.2, -0.15) is 0 Å². The van der Waals surface area contributed by atoms with Crippen molar-refractivity contribution in [3.63, 3.8) is 0 Å². The van der Waals surface area contributed by atoms with E-state index < -0.39 is 0 Å². The molecule has 1 N–H and O–H groups in total. The molecule has 32 heavy (non-hydrogen) atoms. The Labute approximate surface area is 189 Å². The second kappa shape index (κ2) is 9.79. The van der Waals surface area contributed by atoms with Gasteiger partial charge in [0.25, 0.3) is 0 Å². The smallest absolute Gasteiger partial charge is 0.317 e. The molecule has 7 nitrogen and oxygen atoms in total. The average molecular weight is 437 g/mol. The minimum Gasteiger partial charge on any atom is -0.454 e. The van der Waals surface area contributed by atoms with Crippen LogP contribution in [0.3, 0.4) is 0 Å². The summed E-state index contributed by atoms with van der Waals surface area (Å²) in [6, 6.07) is 16.8. The van der Waals surface area contributed by atoms with Crippen LogP contribution in [0, 0.1) is 0 Å². The van der Waals surface area contributed by atoms with Crippen LogP contribution in [-0.4, -0.2) is 72.8 Å². The number of carbonyl (C=O) groups excluding carboxylic acids is 1. The van der Waals surface area contributed by atoms with E-state index in [2.05, 4.69) is 27.2 Å². The lowest BCUT2D eigenvalue weighted by Gasteiger charge is -2.43. The zero-order valence-electron chi connectivity index (χ0n) is 18.5. The predicted octanol–water partition coefficient (Wildman–Crippen LogP) is 2.91. The third kappa shape index (κ3) is 5.00. The number of nitrogens with one attached hydrogen (secondary N) is 1. The first-order valence-corrected chi connectivity index (χ1v) is 11.7. The Hall–Kier alpha value is -2.77. The second-order valence-electron chi connectivity index (χ2n) is 8.89. The van der Waals surface area contributed by atoms with Gasteiger partial charge in [-0.1, -0.05) is 36.4 Å². The van der Waals surface area contributed by atoms with Crippen molar-refractivity contribution in [2.75, 3.05) is 46.1 Å². The van der Waals surface area contributed by atoms with Crippen molar-refractivity contribution in [2.45, 2.75) is 32.0 Å². The monoisotopic (exact) mass is 436 g/mol. The number of urea groups is 1. The first-order valence-electron chi connectivity index (χ1n) is 11.7. The summed E-state index contributed by atoms with van der Waals surface area (Å²) >= 11 is 0. The molecule has 3 aliphatic rings. The number of rotatable bonds is 5. The minimum atomic E-state index is 0.0556. The zero-order chi connectivity index (χ0) is 21.8. The molecule has 7 heteroatoms. The average Bonchev–Trinajstić information content (AvgIpc) is 3.32. The van der Waals surface area contributed by atoms with Gasteiger partial charge in [0.15, 0.2) is 11.5 Å². The van der Waals surface area contributed by atoms with Gasteiger partial charge in [-0.3, -0.25) is 9.80 Å². The summed E-state index contributed by atoms with van der Waals surface area (Å²) in [6.07, 6.45) is 2.24. The predicted molar refractivity (Wildman–Crippen MR) is 123 cm³/mol. The van der Waals surface area contributed by atoms with E-state index in [1.54, 1.807) is 0 Å².